The molecule has 0 aromatic rings. The summed E-state index contributed by atoms with van der Waals surface area (Å²) in [6.45, 7) is 9.79. The van der Waals surface area contributed by atoms with Crippen LogP contribution in [-0.4, -0.2) is 37.1 Å². The normalized spacial score (nSPS) is 28.5. The van der Waals surface area contributed by atoms with Gasteiger partial charge in [-0.05, 0) is 26.7 Å². The van der Waals surface area contributed by atoms with Crippen LogP contribution in [0.25, 0.3) is 0 Å². The van der Waals surface area contributed by atoms with Gasteiger partial charge in [-0.25, -0.2) is 9.98 Å². The molecule has 0 amide bonds. The van der Waals surface area contributed by atoms with Crippen LogP contribution in [0.4, 0.5) is 0 Å². The van der Waals surface area contributed by atoms with Gasteiger partial charge in [0.25, 0.3) is 0 Å². The summed E-state index contributed by atoms with van der Waals surface area (Å²) in [7, 11) is 0. The van der Waals surface area contributed by atoms with Gasteiger partial charge in [0.2, 0.25) is 0 Å². The average molecular weight is 238 g/mol. The maximum Gasteiger partial charge on any atom is 0.199 e. The van der Waals surface area contributed by atoms with Crippen LogP contribution < -0.4 is 0 Å². The lowest BCUT2D eigenvalue weighted by molar-refractivity contribution is 0.262. The van der Waals surface area contributed by atoms with Crippen LogP contribution in [0.3, 0.4) is 0 Å². The van der Waals surface area contributed by atoms with Crippen LogP contribution in [0, 0.1) is 5.41 Å². The van der Waals surface area contributed by atoms with Gasteiger partial charge < -0.3 is 9.47 Å². The summed E-state index contributed by atoms with van der Waals surface area (Å²) in [4.78, 5) is 9.21. The van der Waals surface area contributed by atoms with Crippen molar-refractivity contribution >= 4 is 11.8 Å². The van der Waals surface area contributed by atoms with Gasteiger partial charge in [0.1, 0.15) is 18.6 Å². The quantitative estimate of drug-likeness (QED) is 0.755. The summed E-state index contributed by atoms with van der Waals surface area (Å²) < 4.78 is 11.4. The Kier molecular flexibility index (Phi) is 3.40. The van der Waals surface area contributed by atoms with Crippen LogP contribution in [-0.2, 0) is 9.47 Å². The minimum atomic E-state index is -0.326. The molecule has 0 saturated carbocycles. The Morgan fingerprint density at radius 1 is 1.00 bits per heavy atom. The Hall–Kier alpha value is -1.06. The first kappa shape index (κ1) is 12.4. The predicted octanol–water partition coefficient (Wildman–Crippen LogP) is 2.43. The zero-order valence-corrected chi connectivity index (χ0v) is 11.2. The van der Waals surface area contributed by atoms with E-state index in [4.69, 9.17) is 9.47 Å². The Balaban J connectivity index is 2.14. The highest BCUT2D eigenvalue weighted by molar-refractivity contribution is 6.05. The van der Waals surface area contributed by atoms with Crippen molar-refractivity contribution < 1.29 is 9.47 Å². The van der Waals surface area contributed by atoms with Crippen molar-refractivity contribution in [2.45, 2.75) is 52.6 Å². The molecule has 2 aliphatic heterocycles. The van der Waals surface area contributed by atoms with E-state index in [1.165, 1.54) is 0 Å². The summed E-state index contributed by atoms with van der Waals surface area (Å²) in [5.41, 5.74) is -0.326. The third kappa shape index (κ3) is 2.31. The molecule has 0 aromatic heterocycles. The third-order valence-electron chi connectivity index (χ3n) is 3.44. The molecule has 2 aliphatic rings. The van der Waals surface area contributed by atoms with Crippen LogP contribution >= 0.6 is 0 Å². The number of hydrogen-bond acceptors (Lipinski definition) is 4. The Morgan fingerprint density at radius 2 is 1.41 bits per heavy atom. The topological polar surface area (TPSA) is 43.2 Å². The van der Waals surface area contributed by atoms with E-state index in [0.29, 0.717) is 25.3 Å². The van der Waals surface area contributed by atoms with E-state index in [-0.39, 0.29) is 5.41 Å². The molecular weight excluding hydrogens is 216 g/mol. The van der Waals surface area contributed by atoms with E-state index in [9.17, 15) is 0 Å². The Bertz CT molecular complexity index is 315. The molecule has 0 bridgehead atoms. The van der Waals surface area contributed by atoms with Crippen molar-refractivity contribution in [1.29, 1.82) is 0 Å². The number of ether oxygens (including phenoxy) is 2. The zero-order valence-electron chi connectivity index (χ0n) is 11.2. The SMILES string of the molecule is CCC1COC(C(C)(C)C2=NC(CC)CO2)=N1. The van der Waals surface area contributed by atoms with E-state index in [1.54, 1.807) is 0 Å². The molecule has 4 nitrogen and oxygen atoms in total. The van der Waals surface area contributed by atoms with Crippen LogP contribution in [0.15, 0.2) is 9.98 Å². The molecule has 96 valence electrons. The van der Waals surface area contributed by atoms with Crippen molar-refractivity contribution in [1.82, 2.24) is 0 Å². The van der Waals surface area contributed by atoms with E-state index in [0.717, 1.165) is 24.6 Å². The molecule has 17 heavy (non-hydrogen) atoms. The van der Waals surface area contributed by atoms with Crippen molar-refractivity contribution in [2.75, 3.05) is 13.2 Å². The first-order valence-corrected chi connectivity index (χ1v) is 6.50. The molecule has 0 N–H and O–H groups in total. The maximum absolute atomic E-state index is 5.69. The van der Waals surface area contributed by atoms with E-state index in [1.807, 2.05) is 0 Å². The number of hydrogen-bond donors (Lipinski definition) is 0. The molecule has 0 spiro atoms. The van der Waals surface area contributed by atoms with Crippen LogP contribution in [0.2, 0.25) is 0 Å². The van der Waals surface area contributed by atoms with Gasteiger partial charge in [0.05, 0.1) is 12.1 Å². The Labute approximate surface area is 103 Å². The van der Waals surface area contributed by atoms with Crippen LogP contribution in [0.5, 0.6) is 0 Å². The smallest absolute Gasteiger partial charge is 0.199 e. The molecule has 2 unspecified atom stereocenters. The minimum Gasteiger partial charge on any atom is -0.478 e. The van der Waals surface area contributed by atoms with Gasteiger partial charge >= 0.3 is 0 Å². The van der Waals surface area contributed by atoms with E-state index >= 15 is 0 Å². The fourth-order valence-corrected chi connectivity index (χ4v) is 2.02. The molecule has 2 heterocycles. The lowest BCUT2D eigenvalue weighted by Gasteiger charge is -2.22. The fraction of sp³-hybridized carbons (Fsp3) is 0.846. The van der Waals surface area contributed by atoms with Gasteiger partial charge in [0, 0.05) is 0 Å². The molecule has 2 rings (SSSR count). The molecule has 0 aromatic carbocycles. The second-order valence-corrected chi connectivity index (χ2v) is 5.24. The maximum atomic E-state index is 5.69. The highest BCUT2D eigenvalue weighted by atomic mass is 16.5. The lowest BCUT2D eigenvalue weighted by Crippen LogP contribution is -2.34. The molecule has 2 atom stereocenters. The zero-order chi connectivity index (χ0) is 12.5. The molecular formula is C13H22N2O2. The van der Waals surface area contributed by atoms with Crippen molar-refractivity contribution in [2.24, 2.45) is 15.4 Å². The monoisotopic (exact) mass is 238 g/mol. The average Bonchev–Trinajstić information content (AvgIpc) is 2.98. The first-order valence-electron chi connectivity index (χ1n) is 6.50. The molecule has 0 aliphatic carbocycles. The van der Waals surface area contributed by atoms with Gasteiger partial charge in [0.15, 0.2) is 11.8 Å². The first-order chi connectivity index (χ1) is 8.07. The van der Waals surface area contributed by atoms with Crippen LogP contribution in [0.1, 0.15) is 40.5 Å². The molecule has 0 radical (unpaired) electrons. The summed E-state index contributed by atoms with van der Waals surface area (Å²) >= 11 is 0. The van der Waals surface area contributed by atoms with Gasteiger partial charge in [-0.3, -0.25) is 0 Å². The lowest BCUT2D eigenvalue weighted by atomic mass is 9.93. The highest BCUT2D eigenvalue weighted by Crippen LogP contribution is 2.29. The van der Waals surface area contributed by atoms with Crippen molar-refractivity contribution in [3.05, 3.63) is 0 Å². The minimum absolute atomic E-state index is 0.299. The Morgan fingerprint density at radius 3 is 1.71 bits per heavy atom. The summed E-state index contributed by atoms with van der Waals surface area (Å²) in [5.74, 6) is 1.56. The molecule has 0 fully saturated rings. The van der Waals surface area contributed by atoms with Gasteiger partial charge in [-0.15, -0.1) is 0 Å². The largest absolute Gasteiger partial charge is 0.478 e. The summed E-state index contributed by atoms with van der Waals surface area (Å²) in [5, 5.41) is 0. The number of rotatable bonds is 4. The van der Waals surface area contributed by atoms with Gasteiger partial charge in [-0.2, -0.15) is 0 Å². The van der Waals surface area contributed by atoms with Gasteiger partial charge in [-0.1, -0.05) is 13.8 Å². The second-order valence-electron chi connectivity index (χ2n) is 5.24. The fourth-order valence-electron chi connectivity index (χ4n) is 2.02. The molecule has 0 saturated heterocycles. The van der Waals surface area contributed by atoms with Crippen molar-refractivity contribution in [3.63, 3.8) is 0 Å². The van der Waals surface area contributed by atoms with E-state index in [2.05, 4.69) is 37.7 Å². The summed E-state index contributed by atoms with van der Waals surface area (Å²) in [6, 6.07) is 0.599. The highest BCUT2D eigenvalue weighted by Gasteiger charge is 2.40. The predicted molar refractivity (Wildman–Crippen MR) is 68.7 cm³/mol. The summed E-state index contributed by atoms with van der Waals surface area (Å²) in [6.07, 6.45) is 2.04. The standard InChI is InChI=1S/C13H22N2O2/c1-5-9-7-16-11(14-9)13(3,4)12-15-10(6-2)8-17-12/h9-10H,5-8H2,1-4H3. The third-order valence-corrected chi connectivity index (χ3v) is 3.44. The second kappa shape index (κ2) is 4.67. The van der Waals surface area contributed by atoms with Crippen molar-refractivity contribution in [3.8, 4) is 0 Å². The number of nitrogens with zero attached hydrogens (tertiary/aromatic N) is 2. The molecule has 4 heteroatoms. The van der Waals surface area contributed by atoms with E-state index < -0.39 is 0 Å². The number of aliphatic imine (C=N–C) groups is 2.